The van der Waals surface area contributed by atoms with Crippen molar-refractivity contribution in [1.82, 2.24) is 0 Å². The van der Waals surface area contributed by atoms with Crippen LogP contribution in [-0.4, -0.2) is 52.4 Å². The van der Waals surface area contributed by atoms with Crippen LogP contribution in [0.1, 0.15) is 31.2 Å². The number of Topliss-reactive ketones (excluding diaryl/α,β-unsaturated/α-hetero) is 1. The number of aromatic hydroxyl groups is 1. The largest absolute Gasteiger partial charge is 0.508 e. The van der Waals surface area contributed by atoms with Crippen LogP contribution in [0.5, 0.6) is 5.75 Å². The van der Waals surface area contributed by atoms with E-state index in [2.05, 4.69) is 0 Å². The molecule has 13 nitrogen and oxygen atoms in total. The Balaban J connectivity index is 1.49. The normalized spacial score (nSPS) is 24.4. The van der Waals surface area contributed by atoms with Crippen LogP contribution in [0.2, 0.25) is 0 Å². The molecule has 0 aromatic heterocycles. The zero-order chi connectivity index (χ0) is 31.8. The number of amides is 2. The van der Waals surface area contributed by atoms with E-state index in [4.69, 9.17) is 0 Å². The van der Waals surface area contributed by atoms with Crippen molar-refractivity contribution in [3.63, 3.8) is 0 Å². The fraction of sp³-hybridized carbons (Fsp3) is 0.290. The lowest BCUT2D eigenvalue weighted by atomic mass is 9.59. The fourth-order valence-corrected chi connectivity index (χ4v) is 7.16. The number of nitro groups is 2. The summed E-state index contributed by atoms with van der Waals surface area (Å²) in [5.74, 6) is -5.68. The van der Waals surface area contributed by atoms with Gasteiger partial charge in [-0.1, -0.05) is 29.8 Å². The van der Waals surface area contributed by atoms with Gasteiger partial charge in [0.2, 0.25) is 11.8 Å². The molecule has 3 aliphatic carbocycles. The standard InChI is InChI=1S/C31H26N4O9/c1-14-10-24(37)20-13-19-16(25(27(20)29(14)38)17-6-4-5-7-23(17)36)8-9-18-26(19)31(40)33(30(18)39)15-11-21(34(41)42)28(32(2)3)22(12-15)35(43)44/h4-8,10-12,18-19,25-26,36H,9,13H2,1-3H3. The first-order chi connectivity index (χ1) is 20.8. The van der Waals surface area contributed by atoms with Gasteiger partial charge in [0, 0.05) is 54.4 Å². The summed E-state index contributed by atoms with van der Waals surface area (Å²) >= 11 is 0. The van der Waals surface area contributed by atoms with E-state index in [9.17, 15) is 44.5 Å². The number of anilines is 2. The molecule has 4 atom stereocenters. The number of rotatable bonds is 5. The van der Waals surface area contributed by atoms with Crippen LogP contribution in [-0.2, 0) is 19.2 Å². The van der Waals surface area contributed by atoms with Crippen molar-refractivity contribution in [2.75, 3.05) is 23.9 Å². The molecule has 0 saturated carbocycles. The summed E-state index contributed by atoms with van der Waals surface area (Å²) < 4.78 is 0. The van der Waals surface area contributed by atoms with E-state index in [-0.39, 0.29) is 52.5 Å². The number of phenols is 1. The third kappa shape index (κ3) is 4.07. The number of fused-ring (bicyclic) bond motifs is 3. The van der Waals surface area contributed by atoms with Crippen LogP contribution in [0.25, 0.3) is 0 Å². The quantitative estimate of drug-likeness (QED) is 0.174. The lowest BCUT2D eigenvalue weighted by Gasteiger charge is -2.42. The molecule has 1 fully saturated rings. The molecule has 0 spiro atoms. The van der Waals surface area contributed by atoms with Gasteiger partial charge in [-0.15, -0.1) is 0 Å². The number of hydrogen-bond acceptors (Lipinski definition) is 10. The van der Waals surface area contributed by atoms with Crippen LogP contribution in [0.4, 0.5) is 22.7 Å². The molecule has 4 aliphatic rings. The Morgan fingerprint density at radius 3 is 2.18 bits per heavy atom. The first-order valence-electron chi connectivity index (χ1n) is 13.8. The molecule has 1 aliphatic heterocycles. The summed E-state index contributed by atoms with van der Waals surface area (Å²) in [6, 6.07) is 8.37. The molecule has 6 rings (SSSR count). The summed E-state index contributed by atoms with van der Waals surface area (Å²) in [4.78, 5) is 79.0. The highest BCUT2D eigenvalue weighted by molar-refractivity contribution is 6.25. The Labute approximate surface area is 250 Å². The van der Waals surface area contributed by atoms with Crippen molar-refractivity contribution >= 4 is 46.1 Å². The van der Waals surface area contributed by atoms with Gasteiger partial charge in [-0.25, -0.2) is 4.90 Å². The Kier molecular flexibility index (Phi) is 6.56. The highest BCUT2D eigenvalue weighted by atomic mass is 16.6. The molecule has 13 heteroatoms. The lowest BCUT2D eigenvalue weighted by molar-refractivity contribution is -0.392. The van der Waals surface area contributed by atoms with Gasteiger partial charge in [-0.3, -0.25) is 39.4 Å². The molecule has 2 aromatic rings. The minimum atomic E-state index is -1.01. The molecule has 224 valence electrons. The van der Waals surface area contributed by atoms with E-state index in [1.165, 1.54) is 31.1 Å². The third-order valence-corrected chi connectivity index (χ3v) is 8.97. The highest BCUT2D eigenvalue weighted by Gasteiger charge is 2.57. The van der Waals surface area contributed by atoms with E-state index < -0.39 is 62.5 Å². The number of phenolic OH excluding ortho intramolecular Hbond substituents is 1. The average molecular weight is 599 g/mol. The van der Waals surface area contributed by atoms with Crippen molar-refractivity contribution < 1.29 is 34.1 Å². The second-order valence-electron chi connectivity index (χ2n) is 11.5. The minimum absolute atomic E-state index is 0.00644. The minimum Gasteiger partial charge on any atom is -0.508 e. The number of nitro benzene ring substituents is 2. The van der Waals surface area contributed by atoms with E-state index in [0.29, 0.717) is 11.1 Å². The lowest BCUT2D eigenvalue weighted by Crippen LogP contribution is -2.39. The number of imide groups is 1. The number of ketones is 2. The molecule has 1 N–H and O–H groups in total. The average Bonchev–Trinajstić information content (AvgIpc) is 3.23. The first kappa shape index (κ1) is 28.6. The van der Waals surface area contributed by atoms with Crippen molar-refractivity contribution in [1.29, 1.82) is 0 Å². The van der Waals surface area contributed by atoms with Gasteiger partial charge in [-0.2, -0.15) is 0 Å². The third-order valence-electron chi connectivity index (χ3n) is 8.97. The first-order valence-corrected chi connectivity index (χ1v) is 13.8. The molecular formula is C31H26N4O9. The van der Waals surface area contributed by atoms with E-state index in [1.807, 2.05) is 0 Å². The van der Waals surface area contributed by atoms with Gasteiger partial charge >= 0.3 is 11.4 Å². The molecule has 4 unspecified atom stereocenters. The predicted octanol–water partition coefficient (Wildman–Crippen LogP) is 3.91. The van der Waals surface area contributed by atoms with Gasteiger partial charge in [-0.05, 0) is 37.8 Å². The molecular weight excluding hydrogens is 572 g/mol. The maximum Gasteiger partial charge on any atom is 0.301 e. The topological polar surface area (TPSA) is 181 Å². The molecule has 0 radical (unpaired) electrons. The van der Waals surface area contributed by atoms with Crippen molar-refractivity contribution in [3.8, 4) is 5.75 Å². The summed E-state index contributed by atoms with van der Waals surface area (Å²) in [6.45, 7) is 1.54. The number of para-hydroxylation sites is 1. The zero-order valence-corrected chi connectivity index (χ0v) is 23.8. The molecule has 1 saturated heterocycles. The van der Waals surface area contributed by atoms with Gasteiger partial charge in [0.1, 0.15) is 5.75 Å². The van der Waals surface area contributed by atoms with Gasteiger partial charge < -0.3 is 10.0 Å². The maximum atomic E-state index is 14.2. The van der Waals surface area contributed by atoms with Gasteiger partial charge in [0.05, 0.1) is 27.4 Å². The van der Waals surface area contributed by atoms with Gasteiger partial charge in [0.15, 0.2) is 17.3 Å². The number of carbonyl (C=O) groups is 4. The summed E-state index contributed by atoms with van der Waals surface area (Å²) in [5, 5.41) is 34.7. The molecule has 44 heavy (non-hydrogen) atoms. The van der Waals surface area contributed by atoms with E-state index in [1.54, 1.807) is 31.2 Å². The molecule has 0 bridgehead atoms. The van der Waals surface area contributed by atoms with E-state index in [0.717, 1.165) is 17.0 Å². The Hall–Kier alpha value is -5.46. The Morgan fingerprint density at radius 1 is 0.955 bits per heavy atom. The maximum absolute atomic E-state index is 14.2. The number of nitrogens with zero attached hydrogens (tertiary/aromatic N) is 4. The van der Waals surface area contributed by atoms with Crippen LogP contribution < -0.4 is 9.80 Å². The number of carbonyl (C=O) groups excluding carboxylic acids is 4. The smallest absolute Gasteiger partial charge is 0.301 e. The van der Waals surface area contributed by atoms with Crippen LogP contribution in [0.3, 0.4) is 0 Å². The Bertz CT molecular complexity index is 1800. The molecule has 2 aromatic carbocycles. The highest BCUT2D eigenvalue weighted by Crippen LogP contribution is 2.56. The van der Waals surface area contributed by atoms with Crippen LogP contribution >= 0.6 is 0 Å². The SMILES string of the molecule is CC1=CC(=O)C2=C(C1=O)C(c1ccccc1O)C1=CCC3C(=O)N(c4cc([N+](=O)[O-])c(N(C)C)c([N+](=O)[O-])c4)C(=O)C3C1C2. The number of hydrogen-bond donors (Lipinski definition) is 1. The fourth-order valence-electron chi connectivity index (χ4n) is 7.16. The van der Waals surface area contributed by atoms with Crippen molar-refractivity contribution in [2.24, 2.45) is 17.8 Å². The number of benzene rings is 2. The monoisotopic (exact) mass is 598 g/mol. The second-order valence-corrected chi connectivity index (χ2v) is 11.5. The number of allylic oxidation sites excluding steroid dienone is 6. The Morgan fingerprint density at radius 2 is 1.59 bits per heavy atom. The van der Waals surface area contributed by atoms with Crippen molar-refractivity contribution in [3.05, 3.63) is 96.6 Å². The predicted molar refractivity (Wildman–Crippen MR) is 156 cm³/mol. The van der Waals surface area contributed by atoms with Crippen LogP contribution in [0.15, 0.2) is 70.8 Å². The summed E-state index contributed by atoms with van der Waals surface area (Å²) in [7, 11) is 2.81. The van der Waals surface area contributed by atoms with Crippen molar-refractivity contribution in [2.45, 2.75) is 25.7 Å². The van der Waals surface area contributed by atoms with Gasteiger partial charge in [0.25, 0.3) is 0 Å². The molecule has 1 heterocycles. The summed E-state index contributed by atoms with van der Waals surface area (Å²) in [5.41, 5.74) is -0.184. The van der Waals surface area contributed by atoms with E-state index >= 15 is 0 Å². The van der Waals surface area contributed by atoms with Crippen LogP contribution in [0, 0.1) is 38.0 Å². The second kappa shape index (κ2) is 10.1. The zero-order valence-electron chi connectivity index (χ0n) is 23.8. The molecule has 2 amide bonds. The summed E-state index contributed by atoms with van der Waals surface area (Å²) in [6.07, 6.45) is 3.10.